The Kier molecular flexibility index (Phi) is 10.5. The van der Waals surface area contributed by atoms with Gasteiger partial charge in [0, 0.05) is 0 Å². The van der Waals surface area contributed by atoms with E-state index in [2.05, 4.69) is 23.8 Å². The van der Waals surface area contributed by atoms with Crippen LogP contribution in [0.3, 0.4) is 0 Å². The Labute approximate surface area is 220 Å². The Balaban J connectivity index is 1.64. The number of hydrogen-bond donors (Lipinski definition) is 2. The number of ether oxygens (including phenoxy) is 3. The summed E-state index contributed by atoms with van der Waals surface area (Å²) in [4.78, 5) is 24.4. The van der Waals surface area contributed by atoms with Gasteiger partial charge in [-0.1, -0.05) is 72.8 Å². The van der Waals surface area contributed by atoms with Gasteiger partial charge in [-0.25, -0.2) is 9.59 Å². The second-order valence-corrected chi connectivity index (χ2v) is 10.1. The lowest BCUT2D eigenvalue weighted by Gasteiger charge is -2.27. The standard InChI is InChI=1S/C30H40N2O5/c1-21(2)23-9-13-25(14-10-23)29(5,6)31-27(33)36-19-17-35-18-20-37-28(34)32-30(7,8)26-15-11-24(12-16-26)22(3)4/h9-16H,1,3,17-20H2,2,4-8H3,(H,31,33)(H,32,34). The van der Waals surface area contributed by atoms with Crippen molar-refractivity contribution in [3.63, 3.8) is 0 Å². The molecule has 0 radical (unpaired) electrons. The molecule has 0 aliphatic rings. The topological polar surface area (TPSA) is 85.9 Å². The molecule has 0 aliphatic heterocycles. The first-order valence-corrected chi connectivity index (χ1v) is 12.3. The summed E-state index contributed by atoms with van der Waals surface area (Å²) in [6.07, 6.45) is -1.07. The fourth-order valence-corrected chi connectivity index (χ4v) is 3.56. The molecule has 0 spiro atoms. The number of carbonyl (C=O) groups is 2. The third-order valence-corrected chi connectivity index (χ3v) is 5.95. The van der Waals surface area contributed by atoms with E-state index in [4.69, 9.17) is 14.2 Å². The second-order valence-electron chi connectivity index (χ2n) is 10.1. The van der Waals surface area contributed by atoms with Gasteiger partial charge in [-0.15, -0.1) is 0 Å². The molecule has 2 N–H and O–H groups in total. The zero-order chi connectivity index (χ0) is 27.6. The first kappa shape index (κ1) is 29.6. The highest BCUT2D eigenvalue weighted by molar-refractivity contribution is 5.69. The Morgan fingerprint density at radius 1 is 0.649 bits per heavy atom. The fraction of sp³-hybridized carbons (Fsp3) is 0.400. The van der Waals surface area contributed by atoms with E-state index in [-0.39, 0.29) is 26.4 Å². The van der Waals surface area contributed by atoms with Crippen LogP contribution in [0.15, 0.2) is 61.7 Å². The average Bonchev–Trinajstić information content (AvgIpc) is 2.83. The fourth-order valence-electron chi connectivity index (χ4n) is 3.56. The molecule has 0 bridgehead atoms. The number of benzene rings is 2. The number of alkyl carbamates (subject to hydrolysis) is 2. The first-order valence-electron chi connectivity index (χ1n) is 12.3. The monoisotopic (exact) mass is 508 g/mol. The summed E-state index contributed by atoms with van der Waals surface area (Å²) in [5.74, 6) is 0. The molecule has 37 heavy (non-hydrogen) atoms. The van der Waals surface area contributed by atoms with E-state index in [1.165, 1.54) is 0 Å². The predicted molar refractivity (Wildman–Crippen MR) is 148 cm³/mol. The smallest absolute Gasteiger partial charge is 0.407 e. The zero-order valence-corrected chi connectivity index (χ0v) is 22.9. The minimum Gasteiger partial charge on any atom is -0.447 e. The molecular weight excluding hydrogens is 468 g/mol. The summed E-state index contributed by atoms with van der Waals surface area (Å²) in [6.45, 7) is 19.9. The van der Waals surface area contributed by atoms with E-state index in [1.54, 1.807) is 0 Å². The molecule has 0 saturated heterocycles. The minimum atomic E-state index is -0.604. The van der Waals surface area contributed by atoms with Crippen LogP contribution in [0, 0.1) is 0 Å². The van der Waals surface area contributed by atoms with Crippen molar-refractivity contribution in [2.24, 2.45) is 0 Å². The Hall–Kier alpha value is -3.58. The summed E-state index contributed by atoms with van der Waals surface area (Å²) in [7, 11) is 0. The SMILES string of the molecule is C=C(C)c1ccc(C(C)(C)NC(=O)OCCOCCOC(=O)NC(C)(C)c2ccc(C(=C)C)cc2)cc1. The molecule has 2 aromatic carbocycles. The molecular formula is C30H40N2O5. The number of allylic oxidation sites excluding steroid dienone is 2. The number of nitrogens with one attached hydrogen (secondary N) is 2. The number of amides is 2. The summed E-state index contributed by atoms with van der Waals surface area (Å²) < 4.78 is 15.8. The lowest BCUT2D eigenvalue weighted by atomic mass is 9.93. The van der Waals surface area contributed by atoms with Crippen molar-refractivity contribution >= 4 is 23.3 Å². The van der Waals surface area contributed by atoms with Gasteiger partial charge in [-0.2, -0.15) is 0 Å². The minimum absolute atomic E-state index is 0.0793. The van der Waals surface area contributed by atoms with Crippen LogP contribution in [0.4, 0.5) is 9.59 Å². The maximum absolute atomic E-state index is 12.2. The largest absolute Gasteiger partial charge is 0.447 e. The van der Waals surface area contributed by atoms with Crippen molar-refractivity contribution in [3.05, 3.63) is 83.9 Å². The zero-order valence-electron chi connectivity index (χ0n) is 22.9. The van der Waals surface area contributed by atoms with E-state index in [1.807, 2.05) is 90.1 Å². The third kappa shape index (κ3) is 9.42. The van der Waals surface area contributed by atoms with E-state index < -0.39 is 23.3 Å². The molecule has 7 heteroatoms. The van der Waals surface area contributed by atoms with Crippen molar-refractivity contribution in [1.29, 1.82) is 0 Å². The molecule has 0 aromatic heterocycles. The van der Waals surface area contributed by atoms with Crippen LogP contribution in [0.25, 0.3) is 11.1 Å². The van der Waals surface area contributed by atoms with Gasteiger partial charge in [0.05, 0.1) is 24.3 Å². The van der Waals surface area contributed by atoms with Gasteiger partial charge in [-0.3, -0.25) is 0 Å². The lowest BCUT2D eigenvalue weighted by Crippen LogP contribution is -2.41. The Bertz CT molecular complexity index is 998. The van der Waals surface area contributed by atoms with Crippen LogP contribution in [-0.4, -0.2) is 38.6 Å². The highest BCUT2D eigenvalue weighted by Gasteiger charge is 2.24. The van der Waals surface area contributed by atoms with Gasteiger partial charge in [-0.05, 0) is 63.8 Å². The van der Waals surface area contributed by atoms with Crippen LogP contribution >= 0.6 is 0 Å². The summed E-state index contributed by atoms with van der Waals surface area (Å²) >= 11 is 0. The highest BCUT2D eigenvalue weighted by atomic mass is 16.6. The van der Waals surface area contributed by atoms with E-state index in [0.717, 1.165) is 33.4 Å². The molecule has 2 aromatic rings. The summed E-state index contributed by atoms with van der Waals surface area (Å²) in [5.41, 5.74) is 4.77. The lowest BCUT2D eigenvalue weighted by molar-refractivity contribution is 0.0427. The van der Waals surface area contributed by atoms with E-state index in [0.29, 0.717) is 0 Å². The Morgan fingerprint density at radius 3 is 1.27 bits per heavy atom. The van der Waals surface area contributed by atoms with Crippen LogP contribution in [0.2, 0.25) is 0 Å². The number of rotatable bonds is 12. The molecule has 0 saturated carbocycles. The van der Waals surface area contributed by atoms with Gasteiger partial charge >= 0.3 is 12.2 Å². The normalized spacial score (nSPS) is 11.4. The second kappa shape index (κ2) is 13.1. The van der Waals surface area contributed by atoms with Crippen molar-refractivity contribution in [1.82, 2.24) is 10.6 Å². The van der Waals surface area contributed by atoms with Crippen molar-refractivity contribution in [2.45, 2.75) is 52.6 Å². The van der Waals surface area contributed by atoms with Gasteiger partial charge < -0.3 is 24.8 Å². The third-order valence-electron chi connectivity index (χ3n) is 5.95. The van der Waals surface area contributed by atoms with Gasteiger partial charge in [0.25, 0.3) is 0 Å². The average molecular weight is 509 g/mol. The van der Waals surface area contributed by atoms with E-state index in [9.17, 15) is 9.59 Å². The Morgan fingerprint density at radius 2 is 0.973 bits per heavy atom. The molecule has 0 heterocycles. The van der Waals surface area contributed by atoms with Gasteiger partial charge in [0.15, 0.2) is 0 Å². The summed E-state index contributed by atoms with van der Waals surface area (Å²) in [6, 6.07) is 15.8. The van der Waals surface area contributed by atoms with Crippen molar-refractivity contribution in [2.75, 3.05) is 26.4 Å². The molecule has 7 nitrogen and oxygen atoms in total. The van der Waals surface area contributed by atoms with Crippen LogP contribution in [0.5, 0.6) is 0 Å². The van der Waals surface area contributed by atoms with Gasteiger partial charge in [0.1, 0.15) is 13.2 Å². The number of carbonyl (C=O) groups excluding carboxylic acids is 2. The van der Waals surface area contributed by atoms with Crippen LogP contribution in [-0.2, 0) is 25.3 Å². The maximum atomic E-state index is 12.2. The van der Waals surface area contributed by atoms with E-state index >= 15 is 0 Å². The van der Waals surface area contributed by atoms with Crippen LogP contribution in [0.1, 0.15) is 63.8 Å². The molecule has 0 aliphatic carbocycles. The molecule has 0 atom stereocenters. The predicted octanol–water partition coefficient (Wildman–Crippen LogP) is 6.39. The van der Waals surface area contributed by atoms with Crippen molar-refractivity contribution < 1.29 is 23.8 Å². The molecule has 0 unspecified atom stereocenters. The maximum Gasteiger partial charge on any atom is 0.407 e. The first-order chi connectivity index (χ1) is 17.3. The van der Waals surface area contributed by atoms with Gasteiger partial charge in [0.2, 0.25) is 0 Å². The highest BCUT2D eigenvalue weighted by Crippen LogP contribution is 2.23. The molecule has 2 rings (SSSR count). The number of hydrogen-bond acceptors (Lipinski definition) is 5. The quantitative estimate of drug-likeness (QED) is 0.324. The van der Waals surface area contributed by atoms with Crippen LogP contribution < -0.4 is 10.6 Å². The summed E-state index contributed by atoms with van der Waals surface area (Å²) in [5, 5.41) is 5.72. The molecule has 0 fully saturated rings. The van der Waals surface area contributed by atoms with Crippen molar-refractivity contribution in [3.8, 4) is 0 Å². The molecule has 200 valence electrons. The molecule has 2 amide bonds.